The first-order valence-electron chi connectivity index (χ1n) is 11.2. The van der Waals surface area contributed by atoms with Crippen molar-refractivity contribution in [1.29, 1.82) is 0 Å². The van der Waals surface area contributed by atoms with Crippen LogP contribution in [0.5, 0.6) is 0 Å². The molecule has 1 aliphatic carbocycles. The monoisotopic (exact) mass is 549 g/mol. The van der Waals surface area contributed by atoms with Crippen LogP contribution in [0.1, 0.15) is 23.1 Å². The van der Waals surface area contributed by atoms with Gasteiger partial charge in [0.15, 0.2) is 5.82 Å². The number of anilines is 1. The third-order valence-corrected chi connectivity index (χ3v) is 8.38. The summed E-state index contributed by atoms with van der Waals surface area (Å²) in [7, 11) is -1.83. The summed E-state index contributed by atoms with van der Waals surface area (Å²) in [5.74, 6) is -2.07. The van der Waals surface area contributed by atoms with Gasteiger partial charge in [-0.25, -0.2) is 27.3 Å². The highest BCUT2D eigenvalue weighted by molar-refractivity contribution is 7.90. The van der Waals surface area contributed by atoms with Crippen LogP contribution in [0.25, 0.3) is 21.3 Å². The molecule has 4 rings (SSSR count). The first kappa shape index (κ1) is 26.4. The number of nitrogens with zero attached hydrogens (tertiary/aromatic N) is 1. The molecule has 0 spiro atoms. The number of hydrogen-bond donors (Lipinski definition) is 4. The van der Waals surface area contributed by atoms with Gasteiger partial charge >= 0.3 is 6.09 Å². The molecular weight excluding hydrogens is 525 g/mol. The molecule has 0 bridgehead atoms. The van der Waals surface area contributed by atoms with Crippen LogP contribution in [0, 0.1) is 5.82 Å². The quantitative estimate of drug-likeness (QED) is 0.319. The third kappa shape index (κ3) is 6.21. The van der Waals surface area contributed by atoms with Crippen molar-refractivity contribution < 1.29 is 31.9 Å². The van der Waals surface area contributed by atoms with Crippen LogP contribution < -0.4 is 20.7 Å². The van der Waals surface area contributed by atoms with Gasteiger partial charge in [-0.3, -0.25) is 14.9 Å². The molecule has 1 fully saturated rings. The number of sulfonamides is 1. The first-order chi connectivity index (χ1) is 17.6. The number of rotatable bonds is 9. The number of thiazole rings is 1. The van der Waals surface area contributed by atoms with E-state index < -0.39 is 45.5 Å². The van der Waals surface area contributed by atoms with E-state index in [1.54, 1.807) is 30.3 Å². The maximum absolute atomic E-state index is 15.0. The standard InChI is InChI=1S/C23H24FN5O6S2/c1-25-37(33,34)20(21(31)26-11-18(30)27-14-7-8-14)22-29-19-16(24)9-13(10-17(19)36-22)12-3-5-15(6-4-12)28-23(32)35-2/h3-6,9-10,14,20,25H,7-8,11H2,1-2H3,(H,26,31)(H,27,30)(H,28,32). The number of fused-ring (bicyclic) bond motifs is 1. The normalized spacial score (nSPS) is 14.1. The van der Waals surface area contributed by atoms with Crippen LogP contribution in [-0.4, -0.2) is 58.1 Å². The van der Waals surface area contributed by atoms with E-state index in [1.165, 1.54) is 13.2 Å². The number of methoxy groups -OCH3 is 1. The number of amides is 3. The summed E-state index contributed by atoms with van der Waals surface area (Å²) >= 11 is 0.863. The molecule has 3 amide bonds. The number of benzene rings is 2. The number of aromatic nitrogens is 1. The number of hydrogen-bond acceptors (Lipinski definition) is 8. The molecule has 1 aliphatic rings. The molecule has 0 radical (unpaired) electrons. The van der Waals surface area contributed by atoms with Gasteiger partial charge < -0.3 is 15.4 Å². The van der Waals surface area contributed by atoms with Gasteiger partial charge in [0.2, 0.25) is 27.1 Å². The molecule has 1 heterocycles. The molecule has 1 unspecified atom stereocenters. The van der Waals surface area contributed by atoms with Gasteiger partial charge in [0.1, 0.15) is 10.5 Å². The molecule has 14 heteroatoms. The Kier molecular flexibility index (Phi) is 7.71. The van der Waals surface area contributed by atoms with Crippen molar-refractivity contribution in [2.24, 2.45) is 0 Å². The van der Waals surface area contributed by atoms with Crippen LogP contribution in [-0.2, 0) is 24.3 Å². The predicted octanol–water partition coefficient (Wildman–Crippen LogP) is 2.27. The van der Waals surface area contributed by atoms with Crippen molar-refractivity contribution in [1.82, 2.24) is 20.3 Å². The second-order valence-electron chi connectivity index (χ2n) is 8.24. The molecule has 2 aromatic carbocycles. The van der Waals surface area contributed by atoms with Crippen molar-refractivity contribution in [3.05, 3.63) is 47.2 Å². The Morgan fingerprint density at radius 3 is 2.49 bits per heavy atom. The molecule has 0 saturated heterocycles. The highest BCUT2D eigenvalue weighted by Gasteiger charge is 2.37. The Hall–Kier alpha value is -3.62. The lowest BCUT2D eigenvalue weighted by atomic mass is 10.0. The summed E-state index contributed by atoms with van der Waals surface area (Å²) in [5, 5.41) is 5.63. The van der Waals surface area contributed by atoms with E-state index in [-0.39, 0.29) is 16.6 Å². The van der Waals surface area contributed by atoms with Crippen molar-refractivity contribution in [3.8, 4) is 11.1 Å². The molecule has 11 nitrogen and oxygen atoms in total. The molecule has 0 aliphatic heterocycles. The fourth-order valence-corrected chi connectivity index (χ4v) is 5.92. The molecule has 1 atom stereocenters. The predicted molar refractivity (Wildman–Crippen MR) is 136 cm³/mol. The van der Waals surface area contributed by atoms with E-state index in [0.29, 0.717) is 21.5 Å². The zero-order valence-electron chi connectivity index (χ0n) is 19.8. The number of carbonyl (C=O) groups is 3. The molecule has 4 N–H and O–H groups in total. The van der Waals surface area contributed by atoms with E-state index in [1.807, 2.05) is 0 Å². The molecular formula is C23H24FN5O6S2. The second-order valence-corrected chi connectivity index (χ2v) is 11.3. The Morgan fingerprint density at radius 1 is 1.16 bits per heavy atom. The number of carbonyl (C=O) groups excluding carboxylic acids is 3. The number of nitrogens with one attached hydrogen (secondary N) is 4. The highest BCUT2D eigenvalue weighted by Crippen LogP contribution is 2.35. The van der Waals surface area contributed by atoms with Gasteiger partial charge in [0.05, 0.1) is 18.4 Å². The van der Waals surface area contributed by atoms with Crippen LogP contribution >= 0.6 is 11.3 Å². The van der Waals surface area contributed by atoms with E-state index in [9.17, 15) is 22.8 Å². The average molecular weight is 550 g/mol. The average Bonchev–Trinajstić information content (AvgIpc) is 3.58. The van der Waals surface area contributed by atoms with E-state index in [0.717, 1.165) is 31.2 Å². The Bertz CT molecular complexity index is 1450. The summed E-state index contributed by atoms with van der Waals surface area (Å²) in [6.07, 6.45) is 1.10. The van der Waals surface area contributed by atoms with E-state index in [4.69, 9.17) is 0 Å². The van der Waals surface area contributed by atoms with Gasteiger partial charge in [0.25, 0.3) is 0 Å². The van der Waals surface area contributed by atoms with Crippen LogP contribution in [0.2, 0.25) is 0 Å². The highest BCUT2D eigenvalue weighted by atomic mass is 32.2. The fourth-order valence-electron chi connectivity index (χ4n) is 3.47. The van der Waals surface area contributed by atoms with Gasteiger partial charge in [-0.2, -0.15) is 0 Å². The van der Waals surface area contributed by atoms with Crippen LogP contribution in [0.3, 0.4) is 0 Å². The van der Waals surface area contributed by atoms with Crippen molar-refractivity contribution in [2.75, 3.05) is 26.0 Å². The molecule has 1 aromatic heterocycles. The minimum Gasteiger partial charge on any atom is -0.453 e. The van der Waals surface area contributed by atoms with Gasteiger partial charge in [-0.1, -0.05) is 12.1 Å². The number of ether oxygens (including phenoxy) is 1. The summed E-state index contributed by atoms with van der Waals surface area (Å²) in [6.45, 7) is -0.394. The third-order valence-electron chi connectivity index (χ3n) is 5.54. The maximum Gasteiger partial charge on any atom is 0.411 e. The largest absolute Gasteiger partial charge is 0.453 e. The summed E-state index contributed by atoms with van der Waals surface area (Å²) in [6, 6.07) is 9.54. The van der Waals surface area contributed by atoms with Crippen molar-refractivity contribution in [2.45, 2.75) is 24.1 Å². The van der Waals surface area contributed by atoms with E-state index >= 15 is 4.39 Å². The van der Waals surface area contributed by atoms with Gasteiger partial charge in [-0.15, -0.1) is 11.3 Å². The topological polar surface area (TPSA) is 156 Å². The van der Waals surface area contributed by atoms with Gasteiger partial charge in [-0.05, 0) is 55.3 Å². The van der Waals surface area contributed by atoms with E-state index in [2.05, 4.69) is 30.4 Å². The van der Waals surface area contributed by atoms with Crippen molar-refractivity contribution >= 4 is 55.2 Å². The lowest BCUT2D eigenvalue weighted by Crippen LogP contribution is -2.43. The number of halogens is 1. The molecule has 196 valence electrons. The Balaban J connectivity index is 1.61. The fraction of sp³-hybridized carbons (Fsp3) is 0.304. The lowest BCUT2D eigenvalue weighted by Gasteiger charge is -2.14. The first-order valence-corrected chi connectivity index (χ1v) is 13.5. The minimum atomic E-state index is -4.22. The second kappa shape index (κ2) is 10.8. The summed E-state index contributed by atoms with van der Waals surface area (Å²) in [4.78, 5) is 40.3. The van der Waals surface area contributed by atoms with Crippen LogP contribution in [0.4, 0.5) is 14.9 Å². The minimum absolute atomic E-state index is 0.0803. The summed E-state index contributed by atoms with van der Waals surface area (Å²) in [5.41, 5.74) is 1.52. The smallest absolute Gasteiger partial charge is 0.411 e. The zero-order valence-corrected chi connectivity index (χ0v) is 21.5. The van der Waals surface area contributed by atoms with Gasteiger partial charge in [0, 0.05) is 11.7 Å². The maximum atomic E-state index is 15.0. The lowest BCUT2D eigenvalue weighted by molar-refractivity contribution is -0.126. The molecule has 37 heavy (non-hydrogen) atoms. The Labute approximate surface area is 215 Å². The molecule has 1 saturated carbocycles. The zero-order chi connectivity index (χ0) is 26.7. The van der Waals surface area contributed by atoms with Crippen LogP contribution in [0.15, 0.2) is 36.4 Å². The SMILES string of the molecule is CNS(=O)(=O)C(C(=O)NCC(=O)NC1CC1)c1nc2c(F)cc(-c3ccc(NC(=O)OC)cc3)cc2s1. The summed E-state index contributed by atoms with van der Waals surface area (Å²) < 4.78 is 47.4. The molecule has 3 aromatic rings. The Morgan fingerprint density at radius 2 is 1.86 bits per heavy atom. The van der Waals surface area contributed by atoms with Crippen molar-refractivity contribution in [3.63, 3.8) is 0 Å².